The topological polar surface area (TPSA) is 49.4 Å². The molecule has 0 saturated carbocycles. The van der Waals surface area contributed by atoms with Gasteiger partial charge in [0, 0.05) is 20.4 Å². The van der Waals surface area contributed by atoms with E-state index in [9.17, 15) is 9.59 Å². The van der Waals surface area contributed by atoms with Crippen LogP contribution in [0.1, 0.15) is 13.8 Å². The van der Waals surface area contributed by atoms with E-state index in [2.05, 4.69) is 12.3 Å². The largest absolute Gasteiger partial charge is 0.274 e. The molecule has 4 nitrogen and oxygen atoms in total. The Balaban J connectivity index is 3.83. The van der Waals surface area contributed by atoms with E-state index in [1.54, 1.807) is 0 Å². The van der Waals surface area contributed by atoms with Gasteiger partial charge in [0.15, 0.2) is 0 Å². The van der Waals surface area contributed by atoms with Crippen molar-refractivity contribution in [1.82, 2.24) is 10.4 Å². The second-order valence-corrected chi connectivity index (χ2v) is 1.84. The average Bonchev–Trinajstić information content (AvgIpc) is 1.81. The number of nitrogens with zero attached hydrogens (tertiary/aromatic N) is 1. The van der Waals surface area contributed by atoms with Crippen molar-refractivity contribution < 1.29 is 9.59 Å². The maximum absolute atomic E-state index is 10.6. The van der Waals surface area contributed by atoms with Crippen LogP contribution in [0.15, 0.2) is 0 Å². The fraction of sp³-hybridized carbons (Fsp3) is 0.500. The van der Waals surface area contributed by atoms with Crippen LogP contribution in [0.4, 0.5) is 0 Å². The van der Waals surface area contributed by atoms with Crippen LogP contribution in [0, 0.1) is 6.92 Å². The van der Waals surface area contributed by atoms with E-state index in [1.807, 2.05) is 0 Å². The van der Waals surface area contributed by atoms with Gasteiger partial charge in [-0.25, -0.2) is 0 Å². The van der Waals surface area contributed by atoms with Gasteiger partial charge in [0.1, 0.15) is 0 Å². The lowest BCUT2D eigenvalue weighted by Crippen LogP contribution is -2.43. The molecule has 4 heteroatoms. The molecule has 0 spiro atoms. The Bertz CT molecular complexity index is 145. The van der Waals surface area contributed by atoms with Crippen LogP contribution in [0.25, 0.3) is 0 Å². The SMILES string of the molecule is [CH2]CN(NC(C)=O)C(C)=O. The van der Waals surface area contributed by atoms with Crippen LogP contribution in [-0.2, 0) is 9.59 Å². The summed E-state index contributed by atoms with van der Waals surface area (Å²) in [5.41, 5.74) is 2.31. The van der Waals surface area contributed by atoms with Crippen molar-refractivity contribution in [2.24, 2.45) is 0 Å². The molecule has 57 valence electrons. The molecule has 0 aromatic heterocycles. The first-order chi connectivity index (χ1) is 4.57. The van der Waals surface area contributed by atoms with Gasteiger partial charge in [0.2, 0.25) is 11.8 Å². The molecular formula is C6H11N2O2. The van der Waals surface area contributed by atoms with E-state index in [0.717, 1.165) is 5.01 Å². The van der Waals surface area contributed by atoms with Crippen molar-refractivity contribution >= 4 is 11.8 Å². The van der Waals surface area contributed by atoms with Crippen LogP contribution in [0.3, 0.4) is 0 Å². The van der Waals surface area contributed by atoms with Gasteiger partial charge in [-0.1, -0.05) is 0 Å². The quantitative estimate of drug-likeness (QED) is 0.513. The molecule has 0 aliphatic rings. The fourth-order valence-corrected chi connectivity index (χ4v) is 0.482. The van der Waals surface area contributed by atoms with Crippen LogP contribution in [0.5, 0.6) is 0 Å². The van der Waals surface area contributed by atoms with Crippen LogP contribution in [-0.4, -0.2) is 23.4 Å². The summed E-state index contributed by atoms with van der Waals surface area (Å²) in [5, 5.41) is 1.14. The molecule has 0 atom stereocenters. The summed E-state index contributed by atoms with van der Waals surface area (Å²) in [6, 6.07) is 0. The summed E-state index contributed by atoms with van der Waals surface area (Å²) in [4.78, 5) is 21.0. The zero-order chi connectivity index (χ0) is 8.15. The fourth-order valence-electron chi connectivity index (χ4n) is 0.482. The molecule has 10 heavy (non-hydrogen) atoms. The highest BCUT2D eigenvalue weighted by Crippen LogP contribution is 1.80. The summed E-state index contributed by atoms with van der Waals surface area (Å²) >= 11 is 0. The van der Waals surface area contributed by atoms with Crippen molar-refractivity contribution in [3.8, 4) is 0 Å². The standard InChI is InChI=1S/C6H11N2O2/c1-4-8(6(3)10)7-5(2)9/h1,4H2,2-3H3,(H,7,9). The highest BCUT2D eigenvalue weighted by molar-refractivity contribution is 5.79. The number of nitrogens with one attached hydrogen (secondary N) is 1. The van der Waals surface area contributed by atoms with E-state index in [-0.39, 0.29) is 18.4 Å². The lowest BCUT2D eigenvalue weighted by atomic mass is 10.6. The van der Waals surface area contributed by atoms with Gasteiger partial charge in [-0.3, -0.25) is 20.0 Å². The maximum Gasteiger partial charge on any atom is 0.237 e. The Morgan fingerprint density at radius 3 is 2.10 bits per heavy atom. The Labute approximate surface area is 60.2 Å². The van der Waals surface area contributed by atoms with Gasteiger partial charge in [-0.05, 0) is 6.92 Å². The van der Waals surface area contributed by atoms with Crippen molar-refractivity contribution in [2.75, 3.05) is 6.54 Å². The lowest BCUT2D eigenvalue weighted by Gasteiger charge is -2.17. The molecule has 0 aliphatic carbocycles. The zero-order valence-electron chi connectivity index (χ0n) is 6.18. The number of carbonyl (C=O) groups is 2. The monoisotopic (exact) mass is 143 g/mol. The minimum Gasteiger partial charge on any atom is -0.274 e. The molecule has 0 rings (SSSR count). The predicted octanol–water partition coefficient (Wildman–Crippen LogP) is -0.280. The number of amides is 2. The molecule has 0 aromatic rings. The number of rotatable bonds is 1. The Morgan fingerprint density at radius 1 is 1.50 bits per heavy atom. The summed E-state index contributed by atoms with van der Waals surface area (Å²) in [6.07, 6.45) is 0. The number of hydrazine groups is 1. The Kier molecular flexibility index (Phi) is 3.46. The third kappa shape index (κ3) is 3.06. The molecule has 0 heterocycles. The van der Waals surface area contributed by atoms with Crippen LogP contribution < -0.4 is 5.43 Å². The lowest BCUT2D eigenvalue weighted by molar-refractivity contribution is -0.138. The molecule has 0 aromatic carbocycles. The van der Waals surface area contributed by atoms with E-state index in [4.69, 9.17) is 0 Å². The molecule has 1 N–H and O–H groups in total. The first kappa shape index (κ1) is 8.94. The molecule has 0 fully saturated rings. The maximum atomic E-state index is 10.6. The summed E-state index contributed by atoms with van der Waals surface area (Å²) < 4.78 is 0. The third-order valence-corrected chi connectivity index (χ3v) is 0.896. The molecule has 1 radical (unpaired) electrons. The minimum absolute atomic E-state index is 0.217. The first-order valence-corrected chi connectivity index (χ1v) is 2.92. The predicted molar refractivity (Wildman–Crippen MR) is 36.6 cm³/mol. The second kappa shape index (κ2) is 3.87. The van der Waals surface area contributed by atoms with Crippen LogP contribution in [0.2, 0.25) is 0 Å². The first-order valence-electron chi connectivity index (χ1n) is 2.92. The van der Waals surface area contributed by atoms with Gasteiger partial charge >= 0.3 is 0 Å². The van der Waals surface area contributed by atoms with Gasteiger partial charge < -0.3 is 0 Å². The highest BCUT2D eigenvalue weighted by Gasteiger charge is 2.04. The highest BCUT2D eigenvalue weighted by atomic mass is 16.2. The van der Waals surface area contributed by atoms with Gasteiger partial charge in [-0.2, -0.15) is 0 Å². The summed E-state index contributed by atoms with van der Waals surface area (Å²) in [6.45, 7) is 6.40. The zero-order valence-corrected chi connectivity index (χ0v) is 6.18. The minimum atomic E-state index is -0.265. The van der Waals surface area contributed by atoms with Crippen molar-refractivity contribution in [3.63, 3.8) is 0 Å². The van der Waals surface area contributed by atoms with Gasteiger partial charge in [0.25, 0.3) is 0 Å². The van der Waals surface area contributed by atoms with Crippen molar-refractivity contribution in [3.05, 3.63) is 6.92 Å². The normalized spacial score (nSPS) is 8.70. The van der Waals surface area contributed by atoms with E-state index in [0.29, 0.717) is 0 Å². The van der Waals surface area contributed by atoms with Crippen molar-refractivity contribution in [2.45, 2.75) is 13.8 Å². The molecule has 0 aliphatic heterocycles. The molecule has 2 amide bonds. The summed E-state index contributed by atoms with van der Waals surface area (Å²) in [5.74, 6) is -0.482. The average molecular weight is 143 g/mol. The van der Waals surface area contributed by atoms with Gasteiger partial charge in [0.05, 0.1) is 0 Å². The smallest absolute Gasteiger partial charge is 0.237 e. The number of hydrogen-bond donors (Lipinski definition) is 1. The van der Waals surface area contributed by atoms with E-state index in [1.165, 1.54) is 13.8 Å². The van der Waals surface area contributed by atoms with Gasteiger partial charge in [-0.15, -0.1) is 0 Å². The van der Waals surface area contributed by atoms with E-state index < -0.39 is 0 Å². The molecule has 0 unspecified atom stereocenters. The number of carbonyl (C=O) groups excluding carboxylic acids is 2. The molecule has 0 bridgehead atoms. The molecule has 0 saturated heterocycles. The Hall–Kier alpha value is -1.06. The van der Waals surface area contributed by atoms with Crippen LogP contribution >= 0.6 is 0 Å². The number of hydrogen-bond acceptors (Lipinski definition) is 2. The third-order valence-electron chi connectivity index (χ3n) is 0.896. The van der Waals surface area contributed by atoms with E-state index >= 15 is 0 Å². The van der Waals surface area contributed by atoms with Crippen molar-refractivity contribution in [1.29, 1.82) is 0 Å². The second-order valence-electron chi connectivity index (χ2n) is 1.84. The Morgan fingerprint density at radius 2 is 2.00 bits per heavy atom. The summed E-state index contributed by atoms with van der Waals surface area (Å²) in [7, 11) is 0. The molecular weight excluding hydrogens is 132 g/mol.